The zero-order chi connectivity index (χ0) is 49.5. The van der Waals surface area contributed by atoms with Gasteiger partial charge in [0, 0.05) is 12.8 Å². The van der Waals surface area contributed by atoms with Crippen molar-refractivity contribution in [3.05, 3.63) is 109 Å². The first-order valence-corrected chi connectivity index (χ1v) is 28.2. The van der Waals surface area contributed by atoms with Gasteiger partial charge in [-0.05, 0) is 70.6 Å². The summed E-state index contributed by atoms with van der Waals surface area (Å²) < 4.78 is 5.88. The van der Waals surface area contributed by atoms with Crippen molar-refractivity contribution in [3.63, 3.8) is 0 Å². The van der Waals surface area contributed by atoms with Gasteiger partial charge in [0.25, 0.3) is 0 Å². The molecule has 1 amide bonds. The molecular weight excluding hydrogens is 839 g/mol. The Kier molecular flexibility index (Phi) is 51.7. The quantitative estimate of drug-likeness (QED) is 0.0244. The van der Waals surface area contributed by atoms with Crippen molar-refractivity contribution in [1.82, 2.24) is 5.32 Å². The maximum atomic E-state index is 13.2. The van der Waals surface area contributed by atoms with Gasteiger partial charge in [-0.25, -0.2) is 0 Å². The Morgan fingerprint density at radius 1 is 0.471 bits per heavy atom. The SMILES string of the molecule is CC/C=C\C/C=C\C/C=C\C/C=C\C/C=C\CC(CC(=O)NC(CO)C(O)CCCCCCCCCCCCCCCCCC)OC(=O)CCCCCCC/C=C/C=C/C=C/C=C/CCCCC. The number of hydrogen-bond donors (Lipinski definition) is 3. The number of aliphatic hydroxyl groups excluding tert-OH is 2. The van der Waals surface area contributed by atoms with Gasteiger partial charge >= 0.3 is 5.97 Å². The van der Waals surface area contributed by atoms with Gasteiger partial charge < -0.3 is 20.3 Å². The molecule has 0 aliphatic rings. The summed E-state index contributed by atoms with van der Waals surface area (Å²) in [6.45, 7) is 6.31. The fraction of sp³-hybridized carbons (Fsp3) is 0.677. The van der Waals surface area contributed by atoms with Crippen molar-refractivity contribution in [2.24, 2.45) is 0 Å². The maximum absolute atomic E-state index is 13.2. The number of carbonyl (C=O) groups excluding carboxylic acids is 2. The molecule has 0 spiro atoms. The summed E-state index contributed by atoms with van der Waals surface area (Å²) in [7, 11) is 0. The second-order valence-corrected chi connectivity index (χ2v) is 18.7. The molecule has 6 nitrogen and oxygen atoms in total. The third kappa shape index (κ3) is 49.0. The second-order valence-electron chi connectivity index (χ2n) is 18.7. The van der Waals surface area contributed by atoms with E-state index in [2.05, 4.69) is 123 Å². The number of unbranched alkanes of at least 4 members (excludes halogenated alkanes) is 23. The summed E-state index contributed by atoms with van der Waals surface area (Å²) in [6.07, 6.45) is 74.5. The molecule has 3 unspecified atom stereocenters. The molecular formula is C62H105NO5. The van der Waals surface area contributed by atoms with Gasteiger partial charge in [0.05, 0.1) is 25.2 Å². The van der Waals surface area contributed by atoms with Gasteiger partial charge in [0.2, 0.25) is 5.91 Å². The Morgan fingerprint density at radius 2 is 0.868 bits per heavy atom. The van der Waals surface area contributed by atoms with E-state index in [1.165, 1.54) is 103 Å². The van der Waals surface area contributed by atoms with E-state index in [4.69, 9.17) is 4.74 Å². The first-order valence-electron chi connectivity index (χ1n) is 28.2. The third-order valence-electron chi connectivity index (χ3n) is 12.2. The molecule has 0 saturated heterocycles. The van der Waals surface area contributed by atoms with E-state index in [0.29, 0.717) is 19.3 Å². The number of esters is 1. The summed E-state index contributed by atoms with van der Waals surface area (Å²) in [6, 6.07) is -0.745. The fourth-order valence-electron chi connectivity index (χ4n) is 7.94. The van der Waals surface area contributed by atoms with Gasteiger partial charge in [0.1, 0.15) is 6.10 Å². The molecule has 6 heteroatoms. The van der Waals surface area contributed by atoms with Crippen LogP contribution in [0.15, 0.2) is 109 Å². The van der Waals surface area contributed by atoms with Crippen LogP contribution in [0.5, 0.6) is 0 Å². The highest BCUT2D eigenvalue weighted by atomic mass is 16.5. The summed E-state index contributed by atoms with van der Waals surface area (Å²) in [4.78, 5) is 26.2. The molecule has 388 valence electrons. The van der Waals surface area contributed by atoms with Crippen LogP contribution in [0.1, 0.15) is 245 Å². The van der Waals surface area contributed by atoms with Crippen LogP contribution in [0.25, 0.3) is 0 Å². The third-order valence-corrected chi connectivity index (χ3v) is 12.2. The molecule has 68 heavy (non-hydrogen) atoms. The van der Waals surface area contributed by atoms with Crippen molar-refractivity contribution >= 4 is 11.9 Å². The molecule has 0 aromatic carbocycles. The van der Waals surface area contributed by atoms with Crippen LogP contribution in [0.3, 0.4) is 0 Å². The fourth-order valence-corrected chi connectivity index (χ4v) is 7.94. The van der Waals surface area contributed by atoms with E-state index in [-0.39, 0.29) is 24.9 Å². The normalized spacial score (nSPS) is 14.0. The van der Waals surface area contributed by atoms with Crippen LogP contribution in [0, 0.1) is 0 Å². The summed E-state index contributed by atoms with van der Waals surface area (Å²) in [5.74, 6) is -0.611. The molecule has 0 aliphatic carbocycles. The molecule has 0 aromatic heterocycles. The first-order chi connectivity index (χ1) is 33.5. The number of carbonyl (C=O) groups is 2. The zero-order valence-electron chi connectivity index (χ0n) is 44.2. The Hall–Kier alpha value is -3.48. The number of nitrogens with one attached hydrogen (secondary N) is 1. The minimum Gasteiger partial charge on any atom is -0.461 e. The van der Waals surface area contributed by atoms with E-state index < -0.39 is 18.2 Å². The molecule has 0 radical (unpaired) electrons. The number of allylic oxidation sites excluding steroid dienone is 17. The largest absolute Gasteiger partial charge is 0.461 e. The average Bonchev–Trinajstić information content (AvgIpc) is 3.33. The minimum atomic E-state index is -0.824. The van der Waals surface area contributed by atoms with E-state index in [9.17, 15) is 19.8 Å². The van der Waals surface area contributed by atoms with E-state index in [1.807, 2.05) is 12.2 Å². The lowest BCUT2D eigenvalue weighted by atomic mass is 10.0. The van der Waals surface area contributed by atoms with Crippen molar-refractivity contribution in [2.45, 2.75) is 264 Å². The molecule has 0 bridgehead atoms. The smallest absolute Gasteiger partial charge is 0.306 e. The van der Waals surface area contributed by atoms with E-state index in [0.717, 1.165) is 96.3 Å². The zero-order valence-corrected chi connectivity index (χ0v) is 44.2. The summed E-state index contributed by atoms with van der Waals surface area (Å²) in [5.41, 5.74) is 0. The summed E-state index contributed by atoms with van der Waals surface area (Å²) in [5, 5.41) is 23.8. The van der Waals surface area contributed by atoms with Gasteiger partial charge in [0.15, 0.2) is 0 Å². The van der Waals surface area contributed by atoms with Crippen LogP contribution in [-0.4, -0.2) is 46.9 Å². The highest BCUT2D eigenvalue weighted by molar-refractivity contribution is 5.77. The Labute approximate surface area is 419 Å². The van der Waals surface area contributed by atoms with Crippen molar-refractivity contribution in [3.8, 4) is 0 Å². The standard InChI is InChI=1S/C62H105NO5/c1-4-7-10-13-16-19-22-25-28-30-31-34-37-40-43-46-49-52-55-62(67)68-58(53-50-47-44-41-38-35-32-27-24-21-18-15-12-9-6-3)56-61(66)63-59(57-64)60(65)54-51-48-45-42-39-36-33-29-26-23-20-17-14-11-8-5-2/h9,12,16,18-19,21-22,25,27-28,30-32,34,38,41,47,50,58-60,64-65H,4-8,10-11,13-15,17,20,23-24,26,29,33,35-37,39-40,42-46,48-49,51-57H2,1-3H3,(H,63,66)/b12-9-,19-16+,21-18-,25-22+,30-28+,32-27-,34-31+,41-38-,50-47-. The van der Waals surface area contributed by atoms with Crippen LogP contribution in [0.4, 0.5) is 0 Å². The first kappa shape index (κ1) is 64.5. The predicted molar refractivity (Wildman–Crippen MR) is 296 cm³/mol. The molecule has 3 atom stereocenters. The highest BCUT2D eigenvalue weighted by Gasteiger charge is 2.23. The predicted octanol–water partition coefficient (Wildman–Crippen LogP) is 17.5. The molecule has 0 fully saturated rings. The van der Waals surface area contributed by atoms with Gasteiger partial charge in [-0.2, -0.15) is 0 Å². The Balaban J connectivity index is 4.73. The van der Waals surface area contributed by atoms with Crippen molar-refractivity contribution < 1.29 is 24.5 Å². The van der Waals surface area contributed by atoms with Crippen molar-refractivity contribution in [1.29, 1.82) is 0 Å². The van der Waals surface area contributed by atoms with Gasteiger partial charge in [-0.1, -0.05) is 265 Å². The monoisotopic (exact) mass is 944 g/mol. The van der Waals surface area contributed by atoms with Crippen LogP contribution >= 0.6 is 0 Å². The molecule has 0 aromatic rings. The van der Waals surface area contributed by atoms with Gasteiger partial charge in [-0.3, -0.25) is 9.59 Å². The lowest BCUT2D eigenvalue weighted by molar-refractivity contribution is -0.150. The maximum Gasteiger partial charge on any atom is 0.306 e. The topological polar surface area (TPSA) is 95.9 Å². The number of amides is 1. The lowest BCUT2D eigenvalue weighted by Crippen LogP contribution is -2.46. The van der Waals surface area contributed by atoms with Crippen LogP contribution < -0.4 is 5.32 Å². The number of rotatable bonds is 49. The highest BCUT2D eigenvalue weighted by Crippen LogP contribution is 2.16. The number of hydrogen-bond acceptors (Lipinski definition) is 5. The van der Waals surface area contributed by atoms with Gasteiger partial charge in [-0.15, -0.1) is 0 Å². The molecule has 0 heterocycles. The number of aliphatic hydroxyl groups is 2. The van der Waals surface area contributed by atoms with Crippen molar-refractivity contribution in [2.75, 3.05) is 6.61 Å². The van der Waals surface area contributed by atoms with E-state index >= 15 is 0 Å². The average molecular weight is 945 g/mol. The molecule has 0 aliphatic heterocycles. The lowest BCUT2D eigenvalue weighted by Gasteiger charge is -2.24. The summed E-state index contributed by atoms with van der Waals surface area (Å²) >= 11 is 0. The Morgan fingerprint density at radius 3 is 1.35 bits per heavy atom. The molecule has 3 N–H and O–H groups in total. The minimum absolute atomic E-state index is 0.0164. The van der Waals surface area contributed by atoms with Crippen LogP contribution in [-0.2, 0) is 14.3 Å². The molecule has 0 saturated carbocycles. The number of ether oxygens (including phenoxy) is 1. The second kappa shape index (κ2) is 54.5. The molecule has 0 rings (SSSR count). The van der Waals surface area contributed by atoms with Crippen LogP contribution in [0.2, 0.25) is 0 Å². The van der Waals surface area contributed by atoms with E-state index in [1.54, 1.807) is 0 Å². The Bertz CT molecular complexity index is 1380.